The van der Waals surface area contributed by atoms with E-state index in [1.807, 2.05) is 11.6 Å². The molecule has 3 aromatic rings. The fourth-order valence-electron chi connectivity index (χ4n) is 2.31. The average molecular weight is 335 g/mol. The van der Waals surface area contributed by atoms with Crippen molar-refractivity contribution in [1.82, 2.24) is 4.98 Å². The van der Waals surface area contributed by atoms with Gasteiger partial charge >= 0.3 is 0 Å². The Morgan fingerprint density at radius 3 is 2.42 bits per heavy atom. The van der Waals surface area contributed by atoms with Crippen LogP contribution >= 0.6 is 11.3 Å². The van der Waals surface area contributed by atoms with E-state index in [-0.39, 0.29) is 0 Å². The highest BCUT2D eigenvalue weighted by Gasteiger charge is 2.03. The van der Waals surface area contributed by atoms with Crippen LogP contribution in [0.3, 0.4) is 0 Å². The van der Waals surface area contributed by atoms with Crippen LogP contribution in [0.15, 0.2) is 59.0 Å². The van der Waals surface area contributed by atoms with Gasteiger partial charge in [-0.3, -0.25) is 5.43 Å². The van der Waals surface area contributed by atoms with Crippen LogP contribution in [-0.4, -0.2) is 11.2 Å². The van der Waals surface area contributed by atoms with Crippen LogP contribution in [0.25, 0.3) is 11.3 Å². The van der Waals surface area contributed by atoms with Crippen molar-refractivity contribution in [3.8, 4) is 11.3 Å². The van der Waals surface area contributed by atoms with Crippen LogP contribution in [0.5, 0.6) is 0 Å². The number of rotatable bonds is 5. The van der Waals surface area contributed by atoms with Crippen molar-refractivity contribution in [1.29, 1.82) is 0 Å². The van der Waals surface area contributed by atoms with Crippen LogP contribution in [0.4, 0.5) is 5.13 Å². The van der Waals surface area contributed by atoms with Crippen molar-refractivity contribution in [3.05, 3.63) is 70.6 Å². The molecule has 3 nitrogen and oxygen atoms in total. The zero-order valence-electron chi connectivity index (χ0n) is 14.2. The van der Waals surface area contributed by atoms with Crippen molar-refractivity contribution < 1.29 is 0 Å². The number of aromatic nitrogens is 1. The smallest absolute Gasteiger partial charge is 0.203 e. The second-order valence-electron chi connectivity index (χ2n) is 6.10. The van der Waals surface area contributed by atoms with Gasteiger partial charge in [0.1, 0.15) is 0 Å². The maximum atomic E-state index is 4.57. The molecule has 0 saturated carbocycles. The molecule has 0 atom stereocenters. The predicted molar refractivity (Wildman–Crippen MR) is 104 cm³/mol. The molecule has 1 aromatic heterocycles. The lowest BCUT2D eigenvalue weighted by molar-refractivity contribution is 0.866. The van der Waals surface area contributed by atoms with Crippen LogP contribution in [-0.2, 0) is 0 Å². The minimum absolute atomic E-state index is 0.546. The molecule has 0 radical (unpaired) electrons. The number of hydrogen-bond donors (Lipinski definition) is 1. The summed E-state index contributed by atoms with van der Waals surface area (Å²) in [6, 6.07) is 16.8. The van der Waals surface area contributed by atoms with Crippen molar-refractivity contribution in [3.63, 3.8) is 0 Å². The molecule has 0 bridgehead atoms. The summed E-state index contributed by atoms with van der Waals surface area (Å²) in [5.74, 6) is 0.546. The summed E-state index contributed by atoms with van der Waals surface area (Å²) in [5, 5.41) is 7.11. The minimum atomic E-state index is 0.546. The molecular formula is C20H21N3S. The number of hydrogen-bond acceptors (Lipinski definition) is 4. The Morgan fingerprint density at radius 2 is 1.75 bits per heavy atom. The highest BCUT2D eigenvalue weighted by atomic mass is 32.1. The summed E-state index contributed by atoms with van der Waals surface area (Å²) in [6.07, 6.45) is 1.82. The lowest BCUT2D eigenvalue weighted by Gasteiger charge is -2.04. The minimum Gasteiger partial charge on any atom is -0.253 e. The number of hydrazone groups is 1. The lowest BCUT2D eigenvalue weighted by atomic mass is 10.0. The molecule has 0 aliphatic heterocycles. The number of aryl methyl sites for hydroxylation is 1. The Morgan fingerprint density at radius 1 is 1.04 bits per heavy atom. The molecule has 0 fully saturated rings. The van der Waals surface area contributed by atoms with E-state index in [4.69, 9.17) is 0 Å². The van der Waals surface area contributed by atoms with Gasteiger partial charge in [0, 0.05) is 10.9 Å². The molecule has 0 amide bonds. The lowest BCUT2D eigenvalue weighted by Crippen LogP contribution is -1.91. The molecule has 0 spiro atoms. The first-order valence-electron chi connectivity index (χ1n) is 8.03. The van der Waals surface area contributed by atoms with Gasteiger partial charge in [-0.2, -0.15) is 5.10 Å². The Labute approximate surface area is 147 Å². The summed E-state index contributed by atoms with van der Waals surface area (Å²) in [7, 11) is 0. The van der Waals surface area contributed by atoms with Gasteiger partial charge in [0.25, 0.3) is 0 Å². The van der Waals surface area contributed by atoms with Gasteiger partial charge in [-0.05, 0) is 24.0 Å². The highest BCUT2D eigenvalue weighted by molar-refractivity contribution is 7.14. The monoisotopic (exact) mass is 335 g/mol. The summed E-state index contributed by atoms with van der Waals surface area (Å²) in [6.45, 7) is 6.47. The Bertz CT molecular complexity index is 815. The predicted octanol–water partition coefficient (Wildman–Crippen LogP) is 5.69. The van der Waals surface area contributed by atoms with Crippen LogP contribution in [0.2, 0.25) is 0 Å². The maximum Gasteiger partial charge on any atom is 0.203 e. The Balaban J connectivity index is 1.63. The standard InChI is InChI=1S/C20H21N3S/c1-14(2)17-10-6-16(7-11-17)12-21-23-20-22-19(13-24-20)18-8-4-15(3)5-9-18/h4-14H,1-3H3,(H,22,23)/b21-12-. The SMILES string of the molecule is Cc1ccc(-c2csc(N/N=C\c3ccc(C(C)C)cc3)n2)cc1. The first kappa shape index (κ1) is 16.4. The van der Waals surface area contributed by atoms with Gasteiger partial charge < -0.3 is 0 Å². The first-order valence-corrected chi connectivity index (χ1v) is 8.91. The van der Waals surface area contributed by atoms with E-state index in [1.165, 1.54) is 11.1 Å². The van der Waals surface area contributed by atoms with Gasteiger partial charge in [0.15, 0.2) is 0 Å². The van der Waals surface area contributed by atoms with Crippen molar-refractivity contribution in [2.24, 2.45) is 5.10 Å². The molecule has 0 aliphatic carbocycles. The molecule has 0 aliphatic rings. The van der Waals surface area contributed by atoms with E-state index in [2.05, 4.69) is 84.8 Å². The quantitative estimate of drug-likeness (QED) is 0.480. The maximum absolute atomic E-state index is 4.57. The largest absolute Gasteiger partial charge is 0.253 e. The van der Waals surface area contributed by atoms with Gasteiger partial charge in [-0.15, -0.1) is 11.3 Å². The number of thiazole rings is 1. The molecule has 4 heteroatoms. The normalized spacial score (nSPS) is 11.3. The van der Waals surface area contributed by atoms with E-state index in [0.717, 1.165) is 22.0 Å². The topological polar surface area (TPSA) is 37.3 Å². The molecule has 0 saturated heterocycles. The number of benzene rings is 2. The average Bonchev–Trinajstić information content (AvgIpc) is 3.05. The molecule has 24 heavy (non-hydrogen) atoms. The van der Waals surface area contributed by atoms with Crippen molar-refractivity contribution >= 4 is 22.7 Å². The van der Waals surface area contributed by atoms with Gasteiger partial charge in [0.05, 0.1) is 11.9 Å². The Hall–Kier alpha value is -2.46. The number of nitrogens with zero attached hydrogens (tertiary/aromatic N) is 2. The first-order chi connectivity index (χ1) is 11.6. The van der Waals surface area contributed by atoms with Gasteiger partial charge in [-0.25, -0.2) is 4.98 Å². The fraction of sp³-hybridized carbons (Fsp3) is 0.200. The molecule has 1 N–H and O–H groups in total. The summed E-state index contributed by atoms with van der Waals surface area (Å²) in [5.41, 5.74) is 8.76. The molecule has 0 unspecified atom stereocenters. The third kappa shape index (κ3) is 4.09. The van der Waals surface area contributed by atoms with Crippen LogP contribution in [0, 0.1) is 6.92 Å². The Kier molecular flexibility index (Phi) is 5.06. The van der Waals surface area contributed by atoms with Crippen LogP contribution in [0.1, 0.15) is 36.5 Å². The summed E-state index contributed by atoms with van der Waals surface area (Å²) >= 11 is 1.55. The number of anilines is 1. The molecule has 3 rings (SSSR count). The van der Waals surface area contributed by atoms with E-state index in [9.17, 15) is 0 Å². The molecular weight excluding hydrogens is 314 g/mol. The summed E-state index contributed by atoms with van der Waals surface area (Å²) < 4.78 is 0. The zero-order valence-corrected chi connectivity index (χ0v) is 15.0. The summed E-state index contributed by atoms with van der Waals surface area (Å²) in [4.78, 5) is 4.57. The zero-order chi connectivity index (χ0) is 16.9. The molecule has 1 heterocycles. The third-order valence-electron chi connectivity index (χ3n) is 3.83. The number of nitrogens with one attached hydrogen (secondary N) is 1. The van der Waals surface area contributed by atoms with E-state index in [0.29, 0.717) is 5.92 Å². The van der Waals surface area contributed by atoms with Gasteiger partial charge in [-0.1, -0.05) is 67.9 Å². The van der Waals surface area contributed by atoms with Crippen molar-refractivity contribution in [2.45, 2.75) is 26.7 Å². The van der Waals surface area contributed by atoms with Crippen LogP contribution < -0.4 is 5.43 Å². The molecule has 122 valence electrons. The van der Waals surface area contributed by atoms with Crippen molar-refractivity contribution in [2.75, 3.05) is 5.43 Å². The van der Waals surface area contributed by atoms with E-state index >= 15 is 0 Å². The second kappa shape index (κ2) is 7.41. The third-order valence-corrected chi connectivity index (χ3v) is 4.58. The second-order valence-corrected chi connectivity index (χ2v) is 6.95. The highest BCUT2D eigenvalue weighted by Crippen LogP contribution is 2.25. The van der Waals surface area contributed by atoms with Gasteiger partial charge in [0.2, 0.25) is 5.13 Å². The van der Waals surface area contributed by atoms with E-state index in [1.54, 1.807) is 11.3 Å². The molecule has 2 aromatic carbocycles. The van der Waals surface area contributed by atoms with E-state index < -0.39 is 0 Å². The fourth-order valence-corrected chi connectivity index (χ4v) is 2.98.